The average Bonchev–Trinajstić information content (AvgIpc) is 4.27. The second-order valence-corrected chi connectivity index (χ2v) is 21.5. The summed E-state index contributed by atoms with van der Waals surface area (Å²) in [6, 6.07) is 86.5. The average molecular weight is 1170 g/mol. The fraction of sp³-hybridized carbons (Fsp3) is 0.113. The van der Waals surface area contributed by atoms with Crippen LogP contribution in [0.1, 0.15) is 51.7 Å². The van der Waals surface area contributed by atoms with Crippen LogP contribution in [-0.2, 0) is 31.9 Å². The van der Waals surface area contributed by atoms with E-state index in [4.69, 9.17) is 11.8 Å². The number of anilines is 6. The molecule has 0 saturated carbocycles. The van der Waals surface area contributed by atoms with Crippen LogP contribution >= 0.6 is 0 Å². The molecule has 14 rings (SSSR count). The van der Waals surface area contributed by atoms with Gasteiger partial charge in [0.05, 0.1) is 0 Å². The van der Waals surface area contributed by atoms with Gasteiger partial charge in [0.15, 0.2) is 0 Å². The first-order valence-corrected chi connectivity index (χ1v) is 26.3. The smallest absolute Gasteiger partial charge is 0.512 e. The number of para-hydroxylation sites is 5. The molecule has 0 bridgehead atoms. The molecular formula is C71H55N5Pt. The monoisotopic (exact) mass is 1170 g/mol. The minimum atomic E-state index is 0. The summed E-state index contributed by atoms with van der Waals surface area (Å²) in [5.74, 6) is 0. The van der Waals surface area contributed by atoms with Crippen molar-refractivity contribution in [3.05, 3.63) is 262 Å². The molecule has 3 heterocycles. The Labute approximate surface area is 466 Å². The fourth-order valence-electron chi connectivity index (χ4n) is 12.4. The number of hydrogen-bond acceptors (Lipinski definition) is 4. The standard InChI is InChI=1S/C70H55N4.CN.Pt/c1-69(2)41-42-70(3,4)62-43-49(39-40-61(62)69)54-33-19-34-59-57-29-13-11-27-55(57)56-28-12-14-30-58(56)60-35-20-38-65-68(60)74(67(54)59)46-72(65)51-26-17-25-50(44-51)71-45-73(64-37-16-15-36-63(64)71)66-52(47-21-7-5-8-22-47)31-18-32-53(66)48-23-9-6-10-24-48;1-2;/h5-40,43,45-46H,41-42H2,1-4H3;;/q-3;-1;+4. The third kappa shape index (κ3) is 8.14. The summed E-state index contributed by atoms with van der Waals surface area (Å²) in [6.45, 7) is 19.0. The second kappa shape index (κ2) is 19.5. The fourth-order valence-corrected chi connectivity index (χ4v) is 12.4. The van der Waals surface area contributed by atoms with Crippen molar-refractivity contribution in [1.29, 1.82) is 5.26 Å². The van der Waals surface area contributed by atoms with E-state index in [9.17, 15) is 0 Å². The molecule has 0 unspecified atom stereocenters. The summed E-state index contributed by atoms with van der Waals surface area (Å²) in [4.78, 5) is 7.04. The van der Waals surface area contributed by atoms with E-state index in [-0.39, 0.29) is 31.9 Å². The van der Waals surface area contributed by atoms with Crippen molar-refractivity contribution < 1.29 is 21.1 Å². The summed E-state index contributed by atoms with van der Waals surface area (Å²) in [5, 5.41) is 13.5. The molecule has 0 fully saturated rings. The van der Waals surface area contributed by atoms with E-state index in [0.29, 0.717) is 0 Å². The molecule has 2 aliphatic heterocycles. The summed E-state index contributed by atoms with van der Waals surface area (Å²) >= 11 is 0. The van der Waals surface area contributed by atoms with E-state index in [1.807, 2.05) is 0 Å². The van der Waals surface area contributed by atoms with E-state index >= 15 is 0 Å². The van der Waals surface area contributed by atoms with Crippen molar-refractivity contribution >= 4 is 77.5 Å². The molecule has 0 amide bonds. The molecular weight excluding hydrogens is 1120 g/mol. The minimum Gasteiger partial charge on any atom is -0.512 e. The van der Waals surface area contributed by atoms with Crippen molar-refractivity contribution in [3.63, 3.8) is 0 Å². The van der Waals surface area contributed by atoms with E-state index in [0.717, 1.165) is 62.7 Å². The van der Waals surface area contributed by atoms with Crippen LogP contribution in [0.3, 0.4) is 0 Å². The van der Waals surface area contributed by atoms with Crippen molar-refractivity contribution in [2.75, 3.05) is 14.7 Å². The van der Waals surface area contributed by atoms with Gasteiger partial charge < -0.3 is 31.1 Å². The van der Waals surface area contributed by atoms with Gasteiger partial charge in [-0.3, -0.25) is 0 Å². The normalized spacial score (nSPS) is 14.5. The number of nitrogens with zero attached hydrogens (tertiary/aromatic N) is 5. The van der Waals surface area contributed by atoms with Crippen molar-refractivity contribution in [2.45, 2.75) is 51.4 Å². The van der Waals surface area contributed by atoms with Gasteiger partial charge in [-0.1, -0.05) is 221 Å². The van der Waals surface area contributed by atoms with Crippen LogP contribution in [-0.4, -0.2) is 4.57 Å². The SMILES string of the molecule is CC1(C)CCC(C)(C)c2cc(-c3cccc4c5ccccc5c5ccccc5c5cccc6c5n(c34)[CH-]N6c3[c-]c(N4[CH-]N(c5c(-c6ccccc6)cccc5-c5ccccc5)c5ccccc54)ccc3)ccc21.[C-]#N.[Pt+4]. The van der Waals surface area contributed by atoms with Gasteiger partial charge in [-0.25, -0.2) is 0 Å². The summed E-state index contributed by atoms with van der Waals surface area (Å²) in [5.41, 5.74) is 18.8. The summed E-state index contributed by atoms with van der Waals surface area (Å²) in [6.07, 6.45) is 2.34. The molecule has 5 nitrogen and oxygen atoms in total. The molecule has 6 heteroatoms. The van der Waals surface area contributed by atoms with Crippen LogP contribution in [0.25, 0.3) is 76.7 Å². The molecule has 0 spiro atoms. The summed E-state index contributed by atoms with van der Waals surface area (Å²) in [7, 11) is 0. The number of rotatable bonds is 6. The Morgan fingerprint density at radius 2 is 0.818 bits per heavy atom. The Balaban J connectivity index is 0.00000196. The van der Waals surface area contributed by atoms with Crippen molar-refractivity contribution in [1.82, 2.24) is 4.57 Å². The van der Waals surface area contributed by atoms with E-state index in [1.165, 1.54) is 72.1 Å². The van der Waals surface area contributed by atoms with Gasteiger partial charge in [-0.15, -0.1) is 30.6 Å². The van der Waals surface area contributed by atoms with Crippen LogP contribution in [0.2, 0.25) is 0 Å². The summed E-state index contributed by atoms with van der Waals surface area (Å²) < 4.78 is 2.49. The third-order valence-electron chi connectivity index (χ3n) is 16.3. The maximum atomic E-state index is 6.25. The molecule has 11 aromatic rings. The molecule has 0 radical (unpaired) electrons. The molecule has 0 atom stereocenters. The Bertz CT molecular complexity index is 4110. The molecule has 3 aliphatic rings. The molecule has 1 aromatic heterocycles. The van der Waals surface area contributed by atoms with Gasteiger partial charge in [0, 0.05) is 33.9 Å². The maximum absolute atomic E-state index is 6.25. The van der Waals surface area contributed by atoms with E-state index in [1.54, 1.807) is 0 Å². The molecule has 1 aliphatic carbocycles. The first-order valence-electron chi connectivity index (χ1n) is 26.3. The zero-order valence-electron chi connectivity index (χ0n) is 43.5. The molecule has 77 heavy (non-hydrogen) atoms. The number of benzene rings is 10. The second-order valence-electron chi connectivity index (χ2n) is 21.5. The van der Waals surface area contributed by atoms with E-state index in [2.05, 4.69) is 291 Å². The molecule has 0 saturated heterocycles. The van der Waals surface area contributed by atoms with Crippen molar-refractivity contribution in [2.24, 2.45) is 0 Å². The molecule has 374 valence electrons. The Morgan fingerprint density at radius 1 is 0.390 bits per heavy atom. The van der Waals surface area contributed by atoms with Crippen molar-refractivity contribution in [3.8, 4) is 33.4 Å². The topological polar surface area (TPSA) is 38.4 Å². The largest absolute Gasteiger partial charge is 4.00 e. The zero-order valence-corrected chi connectivity index (χ0v) is 45.8. The van der Waals surface area contributed by atoms with Gasteiger partial charge in [0.2, 0.25) is 0 Å². The zero-order chi connectivity index (χ0) is 51.7. The quantitative estimate of drug-likeness (QED) is 0.156. The Hall–Kier alpha value is -8.55. The van der Waals surface area contributed by atoms with E-state index < -0.39 is 0 Å². The third-order valence-corrected chi connectivity index (χ3v) is 16.3. The van der Waals surface area contributed by atoms with Gasteiger partial charge in [0.25, 0.3) is 0 Å². The maximum Gasteiger partial charge on any atom is 4.00 e. The number of hydrogen-bond donors (Lipinski definition) is 0. The first-order chi connectivity index (χ1) is 37.2. The van der Waals surface area contributed by atoms with Crippen LogP contribution < -0.4 is 14.7 Å². The van der Waals surface area contributed by atoms with Gasteiger partial charge in [0.1, 0.15) is 0 Å². The molecule has 10 aromatic carbocycles. The minimum absolute atomic E-state index is 0. The predicted molar refractivity (Wildman–Crippen MR) is 317 cm³/mol. The predicted octanol–water partition coefficient (Wildman–Crippen LogP) is 19.0. The number of fused-ring (bicyclic) bond motifs is 9. The Kier molecular flexibility index (Phi) is 12.5. The first kappa shape index (κ1) is 49.3. The Morgan fingerprint density at radius 3 is 1.42 bits per heavy atom. The van der Waals surface area contributed by atoms with Crippen LogP contribution in [0.15, 0.2) is 224 Å². The van der Waals surface area contributed by atoms with Crippen LogP contribution in [0.4, 0.5) is 34.1 Å². The number of aromatic nitrogens is 1. The van der Waals surface area contributed by atoms with Crippen LogP contribution in [0.5, 0.6) is 0 Å². The molecule has 0 N–H and O–H groups in total. The van der Waals surface area contributed by atoms with Crippen LogP contribution in [0, 0.1) is 31.2 Å². The van der Waals surface area contributed by atoms with Gasteiger partial charge >= 0.3 is 21.1 Å². The van der Waals surface area contributed by atoms with Gasteiger partial charge in [-0.05, 0) is 125 Å². The van der Waals surface area contributed by atoms with Gasteiger partial charge in [-0.2, -0.15) is 6.07 Å².